The summed E-state index contributed by atoms with van der Waals surface area (Å²) in [4.78, 5) is 10.5. The van der Waals surface area contributed by atoms with E-state index in [1.165, 1.54) is 12.1 Å². The second kappa shape index (κ2) is 9.15. The Balaban J connectivity index is 1.57. The van der Waals surface area contributed by atoms with Crippen LogP contribution in [0, 0.1) is 11.7 Å². The molecule has 3 heterocycles. The zero-order chi connectivity index (χ0) is 23.8. The van der Waals surface area contributed by atoms with Crippen molar-refractivity contribution in [2.75, 3.05) is 36.0 Å². The lowest BCUT2D eigenvalue weighted by Gasteiger charge is -2.46. The Morgan fingerprint density at radius 3 is 2.36 bits per heavy atom. The number of alkyl halides is 3. The Bertz CT molecular complexity index is 1070. The molecule has 2 aliphatic rings. The maximum absolute atomic E-state index is 14.0. The van der Waals surface area contributed by atoms with Crippen molar-refractivity contribution in [3.05, 3.63) is 53.9 Å². The van der Waals surface area contributed by atoms with Gasteiger partial charge in [-0.3, -0.25) is 4.90 Å². The number of benzene rings is 1. The van der Waals surface area contributed by atoms with Crippen LogP contribution in [0.15, 0.2) is 36.7 Å². The molecule has 33 heavy (non-hydrogen) atoms. The molecule has 0 bridgehead atoms. The third-order valence-corrected chi connectivity index (χ3v) is 7.99. The summed E-state index contributed by atoms with van der Waals surface area (Å²) in [6.45, 7) is 0.982. The highest BCUT2D eigenvalue weighted by Crippen LogP contribution is 2.34. The van der Waals surface area contributed by atoms with Crippen LogP contribution in [0.1, 0.15) is 30.3 Å². The van der Waals surface area contributed by atoms with Gasteiger partial charge in [0.1, 0.15) is 21.9 Å². The molecular formula is C21H24F4N4O3S. The van der Waals surface area contributed by atoms with Crippen molar-refractivity contribution >= 4 is 15.5 Å². The van der Waals surface area contributed by atoms with E-state index >= 15 is 0 Å². The second-order valence-corrected chi connectivity index (χ2v) is 10.7. The number of hydrogen-bond acceptors (Lipinski definition) is 7. The van der Waals surface area contributed by atoms with Crippen LogP contribution in [0.3, 0.4) is 0 Å². The number of sulfone groups is 1. The van der Waals surface area contributed by atoms with Crippen LogP contribution in [0.2, 0.25) is 0 Å². The highest BCUT2D eigenvalue weighted by Gasteiger charge is 2.39. The van der Waals surface area contributed by atoms with E-state index in [-0.39, 0.29) is 24.0 Å². The Labute approximate surface area is 189 Å². The second-order valence-electron chi connectivity index (χ2n) is 8.42. The Morgan fingerprint density at radius 1 is 1.09 bits per heavy atom. The van der Waals surface area contributed by atoms with Gasteiger partial charge in [-0.2, -0.15) is 13.2 Å². The Hall–Kier alpha value is -2.31. The normalized spacial score (nSPS) is 23.4. The topological polar surface area (TPSA) is 86.6 Å². The highest BCUT2D eigenvalue weighted by molar-refractivity contribution is 7.91. The fraction of sp³-hybridized carbons (Fsp3) is 0.524. The molecular weight excluding hydrogens is 464 g/mol. The quantitative estimate of drug-likeness (QED) is 0.663. The fourth-order valence-corrected chi connectivity index (χ4v) is 5.99. The number of piperazine rings is 1. The van der Waals surface area contributed by atoms with E-state index in [0.29, 0.717) is 37.2 Å². The number of anilines is 1. The first kappa shape index (κ1) is 23.8. The molecule has 12 heteroatoms. The van der Waals surface area contributed by atoms with Gasteiger partial charge in [-0.1, -0.05) is 12.1 Å². The number of aromatic nitrogens is 2. The van der Waals surface area contributed by atoms with Gasteiger partial charge in [-0.05, 0) is 30.5 Å². The Kier molecular flexibility index (Phi) is 6.61. The summed E-state index contributed by atoms with van der Waals surface area (Å²) in [6.07, 6.45) is -2.68. The van der Waals surface area contributed by atoms with Crippen molar-refractivity contribution in [2.24, 2.45) is 5.92 Å². The van der Waals surface area contributed by atoms with Crippen LogP contribution in [0.4, 0.5) is 23.2 Å². The van der Waals surface area contributed by atoms with Crippen LogP contribution in [-0.2, 0) is 16.0 Å². The molecule has 2 saturated heterocycles. The third-order valence-electron chi connectivity index (χ3n) is 6.27. The van der Waals surface area contributed by atoms with Gasteiger partial charge in [-0.15, -0.1) is 0 Å². The lowest BCUT2D eigenvalue weighted by Crippen LogP contribution is -2.55. The van der Waals surface area contributed by atoms with E-state index in [1.54, 1.807) is 17.0 Å². The minimum Gasteiger partial charge on any atom is -0.378 e. The summed E-state index contributed by atoms with van der Waals surface area (Å²) in [7, 11) is -3.09. The van der Waals surface area contributed by atoms with E-state index in [0.717, 1.165) is 12.4 Å². The molecule has 1 aromatic carbocycles. The summed E-state index contributed by atoms with van der Waals surface area (Å²) in [5, 5.41) is 11.1. The Morgan fingerprint density at radius 2 is 1.76 bits per heavy atom. The molecule has 2 atom stereocenters. The van der Waals surface area contributed by atoms with E-state index in [1.807, 2.05) is 4.90 Å². The molecule has 2 fully saturated rings. The molecule has 0 spiro atoms. The van der Waals surface area contributed by atoms with Gasteiger partial charge < -0.3 is 10.0 Å². The maximum atomic E-state index is 14.0. The minimum atomic E-state index is -4.64. The highest BCUT2D eigenvalue weighted by atomic mass is 32.2. The molecule has 2 unspecified atom stereocenters. The van der Waals surface area contributed by atoms with Crippen LogP contribution in [-0.4, -0.2) is 65.8 Å². The largest absolute Gasteiger partial charge is 0.451 e. The predicted molar refractivity (Wildman–Crippen MR) is 112 cm³/mol. The number of hydrogen-bond donors (Lipinski definition) is 1. The smallest absolute Gasteiger partial charge is 0.378 e. The molecule has 4 rings (SSSR count). The van der Waals surface area contributed by atoms with E-state index in [2.05, 4.69) is 9.97 Å². The van der Waals surface area contributed by atoms with E-state index in [9.17, 15) is 31.1 Å². The molecule has 1 aromatic heterocycles. The lowest BCUT2D eigenvalue weighted by atomic mass is 9.95. The molecule has 0 radical (unpaired) electrons. The van der Waals surface area contributed by atoms with Gasteiger partial charge in [0, 0.05) is 25.6 Å². The number of aliphatic hydroxyl groups excluding tert-OH is 1. The summed E-state index contributed by atoms with van der Waals surface area (Å²) in [6, 6.07) is 5.49. The SMILES string of the molecule is O=S1(=O)CCC(C(O)N2CCN(c3cnc(C(F)(F)F)nc3)CC2c2cccc(F)c2)CC1. The molecule has 0 amide bonds. The average molecular weight is 489 g/mol. The molecule has 1 N–H and O–H groups in total. The summed E-state index contributed by atoms with van der Waals surface area (Å²) >= 11 is 0. The van der Waals surface area contributed by atoms with E-state index < -0.39 is 39.9 Å². The van der Waals surface area contributed by atoms with Crippen molar-refractivity contribution < 1.29 is 31.1 Å². The molecule has 180 valence electrons. The van der Waals surface area contributed by atoms with E-state index in [4.69, 9.17) is 0 Å². The molecule has 0 aliphatic carbocycles. The van der Waals surface area contributed by atoms with Crippen LogP contribution in [0.5, 0.6) is 0 Å². The summed E-state index contributed by atoms with van der Waals surface area (Å²) in [5.41, 5.74) is 0.998. The lowest BCUT2D eigenvalue weighted by molar-refractivity contribution is -0.145. The number of halogens is 4. The van der Waals surface area contributed by atoms with Crippen LogP contribution < -0.4 is 4.90 Å². The van der Waals surface area contributed by atoms with Gasteiger partial charge in [0.2, 0.25) is 5.82 Å². The maximum Gasteiger partial charge on any atom is 0.451 e. The summed E-state index contributed by atoms with van der Waals surface area (Å²) < 4.78 is 75.9. The van der Waals surface area contributed by atoms with Crippen LogP contribution in [0.25, 0.3) is 0 Å². The number of nitrogens with zero attached hydrogens (tertiary/aromatic N) is 4. The predicted octanol–water partition coefficient (Wildman–Crippen LogP) is 2.64. The standard InChI is InChI=1S/C21H24F4N4O3S/c22-16-3-1-2-15(10-16)18-13-28(17-11-26-20(27-12-17)21(23,24)25)6-7-29(18)19(30)14-4-8-33(31,32)9-5-14/h1-3,10-12,14,18-19,30H,4-9,13H2. The first-order chi connectivity index (χ1) is 15.5. The van der Waals surface area contributed by atoms with Crippen molar-refractivity contribution in [3.8, 4) is 0 Å². The van der Waals surface area contributed by atoms with Crippen LogP contribution >= 0.6 is 0 Å². The average Bonchev–Trinajstić information content (AvgIpc) is 2.78. The molecule has 2 aromatic rings. The van der Waals surface area contributed by atoms with Gasteiger partial charge >= 0.3 is 6.18 Å². The number of aliphatic hydroxyl groups is 1. The molecule has 0 saturated carbocycles. The van der Waals surface area contributed by atoms with Crippen molar-refractivity contribution in [2.45, 2.75) is 31.3 Å². The van der Waals surface area contributed by atoms with Crippen molar-refractivity contribution in [3.63, 3.8) is 0 Å². The zero-order valence-electron chi connectivity index (χ0n) is 17.6. The van der Waals surface area contributed by atoms with Crippen molar-refractivity contribution in [1.29, 1.82) is 0 Å². The molecule has 2 aliphatic heterocycles. The minimum absolute atomic E-state index is 0.0161. The van der Waals surface area contributed by atoms with Crippen molar-refractivity contribution in [1.82, 2.24) is 14.9 Å². The first-order valence-corrected chi connectivity index (χ1v) is 12.4. The zero-order valence-corrected chi connectivity index (χ0v) is 18.4. The van der Waals surface area contributed by atoms with Gasteiger partial charge in [0.15, 0.2) is 0 Å². The molecule has 7 nitrogen and oxygen atoms in total. The summed E-state index contributed by atoms with van der Waals surface area (Å²) in [5.74, 6) is -1.88. The fourth-order valence-electron chi connectivity index (χ4n) is 4.47. The van der Waals surface area contributed by atoms with Gasteiger partial charge in [-0.25, -0.2) is 22.8 Å². The van der Waals surface area contributed by atoms with Gasteiger partial charge in [0.05, 0.1) is 35.6 Å². The van der Waals surface area contributed by atoms with Gasteiger partial charge in [0.25, 0.3) is 0 Å². The first-order valence-electron chi connectivity index (χ1n) is 10.6. The monoisotopic (exact) mass is 488 g/mol. The number of rotatable bonds is 4. The third kappa shape index (κ3) is 5.44.